The van der Waals surface area contributed by atoms with Gasteiger partial charge in [0.15, 0.2) is 0 Å². The molecule has 0 unspecified atom stereocenters. The molecule has 0 saturated carbocycles. The van der Waals surface area contributed by atoms with Crippen molar-refractivity contribution >= 4 is 64.2 Å². The van der Waals surface area contributed by atoms with Gasteiger partial charge in [-0.05, 0) is 90.1 Å². The van der Waals surface area contributed by atoms with Crippen molar-refractivity contribution in [1.29, 1.82) is 0 Å². The predicted octanol–water partition coefficient (Wildman–Crippen LogP) is 7.42. The number of aromatic nitrogens is 2. The molecule has 0 bridgehead atoms. The van der Waals surface area contributed by atoms with Crippen molar-refractivity contribution in [2.24, 2.45) is 0 Å². The lowest BCUT2D eigenvalue weighted by Crippen LogP contribution is -2.43. The van der Waals surface area contributed by atoms with Crippen LogP contribution < -0.4 is 31.5 Å². The second kappa shape index (κ2) is 18.2. The molecule has 0 atom stereocenters. The summed E-state index contributed by atoms with van der Waals surface area (Å²) < 4.78 is 10.5. The van der Waals surface area contributed by atoms with E-state index < -0.39 is 23.4 Å². The van der Waals surface area contributed by atoms with Gasteiger partial charge in [-0.15, -0.1) is 0 Å². The number of carbonyl (C=O) groups is 4. The fourth-order valence-corrected chi connectivity index (χ4v) is 4.84. The van der Waals surface area contributed by atoms with Gasteiger partial charge in [-0.2, -0.15) is 0 Å². The Morgan fingerprint density at radius 3 is 1.42 bits per heavy atom. The van der Waals surface area contributed by atoms with E-state index in [2.05, 4.69) is 41.5 Å². The van der Waals surface area contributed by atoms with Crippen LogP contribution in [0.25, 0.3) is 0 Å². The summed E-state index contributed by atoms with van der Waals surface area (Å²) in [5, 5.41) is 14.4. The van der Waals surface area contributed by atoms with Crippen LogP contribution in [-0.4, -0.2) is 71.3 Å². The van der Waals surface area contributed by atoms with Gasteiger partial charge in [0.1, 0.15) is 22.2 Å². The molecule has 5 N–H and O–H groups in total. The molecular formula is C38H45ClN8O6. The molecule has 0 spiro atoms. The van der Waals surface area contributed by atoms with Crippen LogP contribution in [-0.2, 0) is 9.47 Å². The number of nitrogens with one attached hydrogen (secondary N) is 5. The van der Waals surface area contributed by atoms with Gasteiger partial charge in [0.25, 0.3) is 11.8 Å². The molecule has 0 radical (unpaired) electrons. The Hall–Kier alpha value is -5.73. The lowest BCUT2D eigenvalue weighted by Gasteiger charge is -2.28. The van der Waals surface area contributed by atoms with Crippen molar-refractivity contribution in [3.8, 4) is 0 Å². The summed E-state index contributed by atoms with van der Waals surface area (Å²) in [6.45, 7) is 14.3. The number of carbonyl (C=O) groups excluding carboxylic acids is 4. The van der Waals surface area contributed by atoms with Gasteiger partial charge >= 0.3 is 12.2 Å². The maximum Gasteiger partial charge on any atom is 0.412 e. The monoisotopic (exact) mass is 744 g/mol. The highest BCUT2D eigenvalue weighted by atomic mass is 35.5. The molecular weight excluding hydrogens is 700 g/mol. The maximum atomic E-state index is 12.6. The topological polar surface area (TPSA) is 176 Å². The van der Waals surface area contributed by atoms with Gasteiger partial charge in [-0.25, -0.2) is 19.6 Å². The molecule has 4 amide bonds. The minimum Gasteiger partial charge on any atom is -0.444 e. The predicted molar refractivity (Wildman–Crippen MR) is 207 cm³/mol. The van der Waals surface area contributed by atoms with Crippen LogP contribution in [0.2, 0.25) is 5.15 Å². The first kappa shape index (κ1) is 40.0. The summed E-state index contributed by atoms with van der Waals surface area (Å²) in [5.41, 5.74) is 1.39. The first-order valence-electron chi connectivity index (χ1n) is 16.9. The number of rotatable bonds is 7. The molecule has 4 aromatic rings. The quantitative estimate of drug-likeness (QED) is 0.120. The number of pyridine rings is 2. The molecule has 15 heteroatoms. The van der Waals surface area contributed by atoms with E-state index >= 15 is 0 Å². The Bertz CT molecular complexity index is 1870. The zero-order chi connectivity index (χ0) is 38.6. The van der Waals surface area contributed by atoms with Crippen LogP contribution >= 0.6 is 11.6 Å². The minimum absolute atomic E-state index is 0.303. The highest BCUT2D eigenvalue weighted by molar-refractivity contribution is 6.29. The maximum absolute atomic E-state index is 12.6. The van der Waals surface area contributed by atoms with Crippen molar-refractivity contribution < 1.29 is 28.7 Å². The Balaban J connectivity index is 0.000000241. The molecule has 1 saturated heterocycles. The third-order valence-corrected chi connectivity index (χ3v) is 7.29. The van der Waals surface area contributed by atoms with Gasteiger partial charge in [0.2, 0.25) is 0 Å². The van der Waals surface area contributed by atoms with Crippen molar-refractivity contribution in [2.75, 3.05) is 52.3 Å². The zero-order valence-electron chi connectivity index (χ0n) is 30.6. The van der Waals surface area contributed by atoms with Crippen LogP contribution in [0.4, 0.5) is 38.2 Å². The second-order valence-corrected chi connectivity index (χ2v) is 14.2. The summed E-state index contributed by atoms with van der Waals surface area (Å²) in [6.07, 6.45) is 1.76. The molecule has 1 fully saturated rings. The van der Waals surface area contributed by atoms with Crippen LogP contribution in [0, 0.1) is 0 Å². The lowest BCUT2D eigenvalue weighted by molar-refractivity contribution is 0.0624. The molecule has 3 heterocycles. The first-order chi connectivity index (χ1) is 25.1. The molecule has 5 rings (SSSR count). The lowest BCUT2D eigenvalue weighted by atomic mass is 10.2. The molecule has 1 aliphatic heterocycles. The summed E-state index contributed by atoms with van der Waals surface area (Å²) in [6, 6.07) is 20.5. The Morgan fingerprint density at radius 2 is 1.04 bits per heavy atom. The summed E-state index contributed by atoms with van der Waals surface area (Å²) in [4.78, 5) is 59.3. The minimum atomic E-state index is -0.614. The number of halogens is 1. The van der Waals surface area contributed by atoms with Crippen LogP contribution in [0.1, 0.15) is 62.3 Å². The standard InChI is InChI=1S/C21H27N5O3.C17H18ClN3O3/c1-21(2,3)29-20(28)25-17-7-5-4-6-16(17)24-19(27)15-8-9-18(23-14-15)26-12-10-22-11-13-26;1-17(2,3)24-16(23)21-13-7-5-4-6-12(13)20-15(22)11-8-9-14(18)19-10-11/h4-9,14,22H,10-13H2,1-3H3,(H,24,27)(H,25,28);4-10H,1-3H3,(H,20,22)(H,21,23). The number of hydrogen-bond acceptors (Lipinski definition) is 10. The van der Waals surface area contributed by atoms with E-state index in [9.17, 15) is 19.2 Å². The molecule has 2 aromatic carbocycles. The molecule has 2 aromatic heterocycles. The largest absolute Gasteiger partial charge is 0.444 e. The van der Waals surface area contributed by atoms with Gasteiger partial charge < -0.3 is 30.3 Å². The highest BCUT2D eigenvalue weighted by Gasteiger charge is 2.20. The van der Waals surface area contributed by atoms with E-state index in [0.717, 1.165) is 32.0 Å². The van der Waals surface area contributed by atoms with E-state index in [1.165, 1.54) is 12.3 Å². The van der Waals surface area contributed by atoms with E-state index in [0.29, 0.717) is 39.0 Å². The van der Waals surface area contributed by atoms with Crippen molar-refractivity contribution in [1.82, 2.24) is 15.3 Å². The Morgan fingerprint density at radius 1 is 0.623 bits per heavy atom. The average Bonchev–Trinajstić information content (AvgIpc) is 3.09. The van der Waals surface area contributed by atoms with Crippen LogP contribution in [0.15, 0.2) is 85.2 Å². The number of benzene rings is 2. The van der Waals surface area contributed by atoms with E-state index in [1.54, 1.807) is 108 Å². The van der Waals surface area contributed by atoms with Crippen LogP contribution in [0.5, 0.6) is 0 Å². The van der Waals surface area contributed by atoms with Crippen LogP contribution in [0.3, 0.4) is 0 Å². The van der Waals surface area contributed by atoms with E-state index in [1.807, 2.05) is 6.07 Å². The fourth-order valence-electron chi connectivity index (χ4n) is 4.73. The number of para-hydroxylation sites is 4. The third-order valence-electron chi connectivity index (χ3n) is 7.06. The highest BCUT2D eigenvalue weighted by Crippen LogP contribution is 2.24. The molecule has 1 aliphatic rings. The van der Waals surface area contributed by atoms with Gasteiger partial charge in [-0.1, -0.05) is 35.9 Å². The van der Waals surface area contributed by atoms with Gasteiger partial charge in [-0.3, -0.25) is 20.2 Å². The summed E-state index contributed by atoms with van der Waals surface area (Å²) in [5.74, 6) is 0.190. The Kier molecular flexibility index (Phi) is 13.7. The fraction of sp³-hybridized carbons (Fsp3) is 0.316. The molecule has 280 valence electrons. The smallest absolute Gasteiger partial charge is 0.412 e. The summed E-state index contributed by atoms with van der Waals surface area (Å²) in [7, 11) is 0. The number of amides is 4. The van der Waals surface area contributed by atoms with Crippen molar-refractivity contribution in [2.45, 2.75) is 52.7 Å². The molecule has 53 heavy (non-hydrogen) atoms. The zero-order valence-corrected chi connectivity index (χ0v) is 31.3. The third kappa shape index (κ3) is 13.4. The summed E-state index contributed by atoms with van der Waals surface area (Å²) >= 11 is 5.71. The van der Waals surface area contributed by atoms with Gasteiger partial charge in [0.05, 0.1) is 33.9 Å². The molecule has 0 aliphatic carbocycles. The van der Waals surface area contributed by atoms with Gasteiger partial charge in [0, 0.05) is 38.6 Å². The number of anilines is 5. The number of hydrogen-bond donors (Lipinski definition) is 5. The number of nitrogens with zero attached hydrogens (tertiary/aromatic N) is 3. The SMILES string of the molecule is CC(C)(C)OC(=O)Nc1ccccc1NC(=O)c1ccc(Cl)nc1.CC(C)(C)OC(=O)Nc1ccccc1NC(=O)c1ccc(N2CCNCC2)nc1. The average molecular weight is 745 g/mol. The normalized spacial score (nSPS) is 12.7. The molecule has 14 nitrogen and oxygen atoms in total. The second-order valence-electron chi connectivity index (χ2n) is 13.8. The van der Waals surface area contributed by atoms with Crippen molar-refractivity contribution in [3.05, 3.63) is 101 Å². The van der Waals surface area contributed by atoms with E-state index in [-0.39, 0.29) is 11.8 Å². The first-order valence-corrected chi connectivity index (χ1v) is 17.3. The van der Waals surface area contributed by atoms with Crippen molar-refractivity contribution in [3.63, 3.8) is 0 Å². The number of piperazine rings is 1. The van der Waals surface area contributed by atoms with E-state index in [4.69, 9.17) is 21.1 Å². The Labute approximate surface area is 314 Å². The number of ether oxygens (including phenoxy) is 2.